The van der Waals surface area contributed by atoms with Crippen molar-refractivity contribution in [2.24, 2.45) is 5.92 Å². The topological polar surface area (TPSA) is 76.2 Å². The fourth-order valence-corrected chi connectivity index (χ4v) is 2.45. The maximum atomic E-state index is 10.8. The maximum Gasteiger partial charge on any atom is 0.307 e. The number of aromatic nitrogens is 2. The van der Waals surface area contributed by atoms with E-state index in [9.17, 15) is 4.79 Å². The van der Waals surface area contributed by atoms with Gasteiger partial charge in [0, 0.05) is 15.6 Å². The van der Waals surface area contributed by atoms with Crippen LogP contribution in [-0.4, -0.2) is 21.2 Å². The molecule has 0 amide bonds. The Bertz CT molecular complexity index is 636. The molecule has 2 atom stereocenters. The van der Waals surface area contributed by atoms with Gasteiger partial charge in [0.05, 0.1) is 11.8 Å². The van der Waals surface area contributed by atoms with Crippen LogP contribution in [-0.2, 0) is 4.79 Å². The molecule has 98 valence electrons. The number of hydrogen-bond donors (Lipinski definition) is 1. The van der Waals surface area contributed by atoms with Gasteiger partial charge in [-0.15, -0.1) is 0 Å². The molecule has 19 heavy (non-hydrogen) atoms. The number of rotatable bonds is 3. The number of hydrogen-bond acceptors (Lipinski definition) is 4. The van der Waals surface area contributed by atoms with Crippen LogP contribution in [0.25, 0.3) is 11.4 Å². The van der Waals surface area contributed by atoms with Crippen LogP contribution >= 0.6 is 23.2 Å². The van der Waals surface area contributed by atoms with Crippen molar-refractivity contribution >= 4 is 29.2 Å². The van der Waals surface area contributed by atoms with Gasteiger partial charge in [-0.1, -0.05) is 28.4 Å². The summed E-state index contributed by atoms with van der Waals surface area (Å²) in [6.07, 6.45) is 0.535. The molecule has 0 aliphatic heterocycles. The lowest BCUT2D eigenvalue weighted by atomic mass is 10.2. The molecule has 0 bridgehead atoms. The minimum Gasteiger partial charge on any atom is -0.481 e. The summed E-state index contributed by atoms with van der Waals surface area (Å²) >= 11 is 11.8. The zero-order valence-corrected chi connectivity index (χ0v) is 11.0. The lowest BCUT2D eigenvalue weighted by Gasteiger charge is -1.96. The molecule has 2 aromatic rings. The molecule has 1 N–H and O–H groups in total. The second-order valence-corrected chi connectivity index (χ2v) is 5.27. The van der Waals surface area contributed by atoms with Gasteiger partial charge >= 0.3 is 5.97 Å². The maximum absolute atomic E-state index is 10.8. The third-order valence-corrected chi connectivity index (χ3v) is 3.42. The van der Waals surface area contributed by atoms with E-state index >= 15 is 0 Å². The first kappa shape index (κ1) is 12.4. The first-order valence-electron chi connectivity index (χ1n) is 5.57. The molecule has 1 aliphatic rings. The fourth-order valence-electron chi connectivity index (χ4n) is 1.93. The Balaban J connectivity index is 1.87. The third-order valence-electron chi connectivity index (χ3n) is 2.99. The average Bonchev–Trinajstić information content (AvgIpc) is 2.98. The largest absolute Gasteiger partial charge is 0.481 e. The molecule has 1 fully saturated rings. The smallest absolute Gasteiger partial charge is 0.307 e. The highest BCUT2D eigenvalue weighted by atomic mass is 35.5. The van der Waals surface area contributed by atoms with Gasteiger partial charge in [0.1, 0.15) is 0 Å². The molecule has 1 saturated carbocycles. The average molecular weight is 299 g/mol. The van der Waals surface area contributed by atoms with Crippen LogP contribution in [0.15, 0.2) is 22.7 Å². The van der Waals surface area contributed by atoms with Gasteiger partial charge in [0.2, 0.25) is 11.7 Å². The van der Waals surface area contributed by atoms with Crippen LogP contribution < -0.4 is 0 Å². The molecular weight excluding hydrogens is 291 g/mol. The Hall–Kier alpha value is -1.59. The summed E-state index contributed by atoms with van der Waals surface area (Å²) < 4.78 is 5.09. The lowest BCUT2D eigenvalue weighted by Crippen LogP contribution is -1.98. The fraction of sp³-hybridized carbons (Fsp3) is 0.250. The summed E-state index contributed by atoms with van der Waals surface area (Å²) in [5.41, 5.74) is 0.639. The van der Waals surface area contributed by atoms with Gasteiger partial charge in [-0.2, -0.15) is 4.98 Å². The van der Waals surface area contributed by atoms with E-state index in [1.165, 1.54) is 0 Å². The SMILES string of the molecule is O=C(O)C1CC1c1nc(-c2cc(Cl)cc(Cl)c2)no1. The summed E-state index contributed by atoms with van der Waals surface area (Å²) in [6.45, 7) is 0. The van der Waals surface area contributed by atoms with Crippen molar-refractivity contribution in [1.82, 2.24) is 10.1 Å². The van der Waals surface area contributed by atoms with Crippen molar-refractivity contribution in [1.29, 1.82) is 0 Å². The van der Waals surface area contributed by atoms with Crippen LogP contribution in [0.3, 0.4) is 0 Å². The second-order valence-electron chi connectivity index (χ2n) is 4.40. The van der Waals surface area contributed by atoms with Gasteiger partial charge in [-0.3, -0.25) is 4.79 Å². The molecule has 0 radical (unpaired) electrons. The highest BCUT2D eigenvalue weighted by Crippen LogP contribution is 2.47. The van der Waals surface area contributed by atoms with Crippen LogP contribution in [0.4, 0.5) is 0 Å². The number of carboxylic acids is 1. The second kappa shape index (κ2) is 4.51. The van der Waals surface area contributed by atoms with E-state index in [0.29, 0.717) is 33.7 Å². The minimum atomic E-state index is -0.837. The first-order chi connectivity index (χ1) is 9.04. The quantitative estimate of drug-likeness (QED) is 0.941. The van der Waals surface area contributed by atoms with Gasteiger partial charge in [0.25, 0.3) is 0 Å². The number of benzene rings is 1. The van der Waals surface area contributed by atoms with E-state index in [2.05, 4.69) is 10.1 Å². The van der Waals surface area contributed by atoms with Crippen molar-refractivity contribution in [3.05, 3.63) is 34.1 Å². The Labute approximate surface area is 118 Å². The number of nitrogens with zero attached hydrogens (tertiary/aromatic N) is 2. The zero-order chi connectivity index (χ0) is 13.6. The summed E-state index contributed by atoms with van der Waals surface area (Å²) in [7, 11) is 0. The molecule has 3 rings (SSSR count). The molecule has 7 heteroatoms. The normalized spacial score (nSPS) is 21.4. The van der Waals surface area contributed by atoms with Gasteiger partial charge < -0.3 is 9.63 Å². The Morgan fingerprint density at radius 3 is 2.58 bits per heavy atom. The monoisotopic (exact) mass is 298 g/mol. The highest BCUT2D eigenvalue weighted by molar-refractivity contribution is 6.35. The molecule has 0 spiro atoms. The van der Waals surface area contributed by atoms with Crippen molar-refractivity contribution in [2.45, 2.75) is 12.3 Å². The molecule has 5 nitrogen and oxygen atoms in total. The Kier molecular flexibility index (Phi) is 2.95. The first-order valence-corrected chi connectivity index (χ1v) is 6.33. The number of carboxylic acid groups (broad SMARTS) is 1. The zero-order valence-electron chi connectivity index (χ0n) is 9.51. The van der Waals surface area contributed by atoms with E-state index in [4.69, 9.17) is 32.8 Å². The number of carbonyl (C=O) groups is 1. The minimum absolute atomic E-state index is 0.187. The summed E-state index contributed by atoms with van der Waals surface area (Å²) in [4.78, 5) is 15.0. The van der Waals surface area contributed by atoms with Crippen molar-refractivity contribution in [2.75, 3.05) is 0 Å². The van der Waals surface area contributed by atoms with Gasteiger partial charge in [0.15, 0.2) is 0 Å². The predicted molar refractivity (Wildman–Crippen MR) is 68.2 cm³/mol. The van der Waals surface area contributed by atoms with Gasteiger partial charge in [-0.05, 0) is 24.6 Å². The van der Waals surface area contributed by atoms with E-state index < -0.39 is 11.9 Å². The standard InChI is InChI=1S/C12H8Cl2N2O3/c13-6-1-5(2-7(14)3-6)10-15-11(19-16-10)8-4-9(8)12(17)18/h1-3,8-9H,4H2,(H,17,18). The highest BCUT2D eigenvalue weighted by Gasteiger charge is 2.48. The van der Waals surface area contributed by atoms with E-state index in [1.807, 2.05) is 0 Å². The summed E-state index contributed by atoms with van der Waals surface area (Å²) in [5, 5.41) is 13.6. The Morgan fingerprint density at radius 2 is 2.00 bits per heavy atom. The van der Waals surface area contributed by atoms with E-state index in [0.717, 1.165) is 0 Å². The lowest BCUT2D eigenvalue weighted by molar-refractivity contribution is -0.138. The summed E-state index contributed by atoms with van der Waals surface area (Å²) in [6, 6.07) is 4.95. The van der Waals surface area contributed by atoms with Crippen molar-refractivity contribution < 1.29 is 14.4 Å². The van der Waals surface area contributed by atoms with Crippen LogP contribution in [0.2, 0.25) is 10.0 Å². The molecule has 0 saturated heterocycles. The molecule has 1 aromatic carbocycles. The Morgan fingerprint density at radius 1 is 1.32 bits per heavy atom. The molecular formula is C12H8Cl2N2O3. The number of halogens is 2. The molecule has 2 unspecified atom stereocenters. The van der Waals surface area contributed by atoms with Crippen molar-refractivity contribution in [3.8, 4) is 11.4 Å². The van der Waals surface area contributed by atoms with Gasteiger partial charge in [-0.25, -0.2) is 0 Å². The van der Waals surface area contributed by atoms with Crippen molar-refractivity contribution in [3.63, 3.8) is 0 Å². The van der Waals surface area contributed by atoms with E-state index in [-0.39, 0.29) is 5.92 Å². The summed E-state index contributed by atoms with van der Waals surface area (Å²) in [5.74, 6) is -0.742. The van der Waals surface area contributed by atoms with Crippen LogP contribution in [0, 0.1) is 5.92 Å². The van der Waals surface area contributed by atoms with Crippen LogP contribution in [0.5, 0.6) is 0 Å². The van der Waals surface area contributed by atoms with E-state index in [1.54, 1.807) is 18.2 Å². The predicted octanol–water partition coefficient (Wildman–Crippen LogP) is 3.23. The molecule has 1 aliphatic carbocycles. The number of aliphatic carboxylic acids is 1. The molecule has 1 heterocycles. The third kappa shape index (κ3) is 2.43. The van der Waals surface area contributed by atoms with Crippen LogP contribution in [0.1, 0.15) is 18.2 Å². The molecule has 1 aromatic heterocycles.